The van der Waals surface area contributed by atoms with Crippen LogP contribution in [0, 0.1) is 4.64 Å². The molecule has 0 amide bonds. The largest absolute Gasteiger partial charge is 0.350 e. The molecule has 0 aliphatic heterocycles. The maximum Gasteiger partial charge on any atom is 0.129 e. The molecule has 0 bridgehead atoms. The molecule has 0 unspecified atom stereocenters. The van der Waals surface area contributed by atoms with Crippen LogP contribution in [0.1, 0.15) is 25.3 Å². The molecule has 0 fully saturated rings. The molecule has 0 atom stereocenters. The minimum atomic E-state index is 0.548. The van der Waals surface area contributed by atoms with Crippen LogP contribution >= 0.6 is 12.2 Å². The SMILES string of the molecule is CC(C)c1ccc(-c2ncc[nH]c2=S)cc1. The summed E-state index contributed by atoms with van der Waals surface area (Å²) in [5.41, 5.74) is 3.23. The lowest BCUT2D eigenvalue weighted by atomic mass is 10.0. The van der Waals surface area contributed by atoms with E-state index in [0.29, 0.717) is 10.6 Å². The molecule has 0 spiro atoms. The molecule has 0 aliphatic rings. The standard InChI is InChI=1S/C13H14N2S/c1-9(2)10-3-5-11(6-4-10)12-13(16)15-8-7-14-12/h3-9H,1-2H3,(H,15,16). The third kappa shape index (κ3) is 2.19. The van der Waals surface area contributed by atoms with E-state index in [4.69, 9.17) is 12.2 Å². The highest BCUT2D eigenvalue weighted by Gasteiger charge is 2.03. The van der Waals surface area contributed by atoms with Gasteiger partial charge in [-0.05, 0) is 11.5 Å². The van der Waals surface area contributed by atoms with Gasteiger partial charge in [0.15, 0.2) is 0 Å². The molecule has 0 radical (unpaired) electrons. The van der Waals surface area contributed by atoms with Crippen molar-refractivity contribution in [2.24, 2.45) is 0 Å². The van der Waals surface area contributed by atoms with Crippen molar-refractivity contribution in [3.63, 3.8) is 0 Å². The molecule has 0 aliphatic carbocycles. The summed E-state index contributed by atoms with van der Waals surface area (Å²) >= 11 is 5.20. The number of aromatic amines is 1. The summed E-state index contributed by atoms with van der Waals surface area (Å²) in [6.07, 6.45) is 3.47. The fourth-order valence-electron chi connectivity index (χ4n) is 1.58. The summed E-state index contributed by atoms with van der Waals surface area (Å²) in [4.78, 5) is 7.28. The normalized spacial score (nSPS) is 10.7. The second-order valence-corrected chi connectivity index (χ2v) is 4.45. The van der Waals surface area contributed by atoms with E-state index in [2.05, 4.69) is 48.1 Å². The minimum absolute atomic E-state index is 0.548. The van der Waals surface area contributed by atoms with E-state index in [9.17, 15) is 0 Å². The van der Waals surface area contributed by atoms with Crippen molar-refractivity contribution in [2.75, 3.05) is 0 Å². The Morgan fingerprint density at radius 3 is 2.44 bits per heavy atom. The zero-order chi connectivity index (χ0) is 11.5. The van der Waals surface area contributed by atoms with E-state index in [1.807, 2.05) is 0 Å². The Balaban J connectivity index is 2.43. The molecule has 2 nitrogen and oxygen atoms in total. The first-order valence-corrected chi connectivity index (χ1v) is 5.73. The molecule has 0 saturated carbocycles. The fraction of sp³-hybridized carbons (Fsp3) is 0.231. The van der Waals surface area contributed by atoms with Crippen molar-refractivity contribution in [3.8, 4) is 11.3 Å². The second kappa shape index (κ2) is 4.58. The van der Waals surface area contributed by atoms with Crippen LogP contribution in [0.5, 0.6) is 0 Å². The average Bonchev–Trinajstić information content (AvgIpc) is 2.30. The van der Waals surface area contributed by atoms with Gasteiger partial charge in [-0.25, -0.2) is 0 Å². The molecule has 82 valence electrons. The smallest absolute Gasteiger partial charge is 0.129 e. The van der Waals surface area contributed by atoms with Crippen LogP contribution in [0.4, 0.5) is 0 Å². The van der Waals surface area contributed by atoms with Crippen LogP contribution in [0.3, 0.4) is 0 Å². The molecule has 1 heterocycles. The van der Waals surface area contributed by atoms with Gasteiger partial charge in [-0.2, -0.15) is 0 Å². The van der Waals surface area contributed by atoms with Crippen molar-refractivity contribution in [2.45, 2.75) is 19.8 Å². The lowest BCUT2D eigenvalue weighted by Gasteiger charge is -2.06. The number of hydrogen-bond donors (Lipinski definition) is 1. The van der Waals surface area contributed by atoms with Crippen molar-refractivity contribution in [1.82, 2.24) is 9.97 Å². The molecule has 16 heavy (non-hydrogen) atoms. The molecular formula is C13H14N2S. The van der Waals surface area contributed by atoms with E-state index in [1.54, 1.807) is 12.4 Å². The van der Waals surface area contributed by atoms with Gasteiger partial charge in [0, 0.05) is 18.0 Å². The number of nitrogens with one attached hydrogen (secondary N) is 1. The number of hydrogen-bond acceptors (Lipinski definition) is 2. The van der Waals surface area contributed by atoms with Gasteiger partial charge < -0.3 is 4.98 Å². The van der Waals surface area contributed by atoms with Crippen LogP contribution in [0.25, 0.3) is 11.3 Å². The lowest BCUT2D eigenvalue weighted by molar-refractivity contribution is 0.867. The van der Waals surface area contributed by atoms with Crippen LogP contribution in [-0.4, -0.2) is 9.97 Å². The Kier molecular flexibility index (Phi) is 3.15. The summed E-state index contributed by atoms with van der Waals surface area (Å²) in [7, 11) is 0. The van der Waals surface area contributed by atoms with E-state index >= 15 is 0 Å². The number of H-pyrrole nitrogens is 1. The first-order chi connectivity index (χ1) is 7.68. The Labute approximate surface area is 100 Å². The van der Waals surface area contributed by atoms with E-state index in [-0.39, 0.29) is 0 Å². The van der Waals surface area contributed by atoms with Gasteiger partial charge in [0.1, 0.15) is 10.3 Å². The van der Waals surface area contributed by atoms with Gasteiger partial charge in [0.05, 0.1) is 0 Å². The van der Waals surface area contributed by atoms with E-state index < -0.39 is 0 Å². The number of benzene rings is 1. The minimum Gasteiger partial charge on any atom is -0.350 e. The van der Waals surface area contributed by atoms with E-state index in [1.165, 1.54) is 5.56 Å². The topological polar surface area (TPSA) is 28.7 Å². The first-order valence-electron chi connectivity index (χ1n) is 5.32. The van der Waals surface area contributed by atoms with Crippen molar-refractivity contribution < 1.29 is 0 Å². The zero-order valence-corrected chi connectivity index (χ0v) is 10.2. The molecule has 1 N–H and O–H groups in total. The van der Waals surface area contributed by atoms with Gasteiger partial charge in [-0.3, -0.25) is 4.98 Å². The quantitative estimate of drug-likeness (QED) is 0.792. The third-order valence-corrected chi connectivity index (χ3v) is 2.87. The molecule has 1 aromatic carbocycles. The maximum atomic E-state index is 5.20. The zero-order valence-electron chi connectivity index (χ0n) is 9.40. The fourth-order valence-corrected chi connectivity index (χ4v) is 1.82. The molecule has 2 aromatic rings. The Morgan fingerprint density at radius 1 is 1.19 bits per heavy atom. The third-order valence-electron chi connectivity index (χ3n) is 2.56. The maximum absolute atomic E-state index is 5.20. The Morgan fingerprint density at radius 2 is 1.88 bits per heavy atom. The highest BCUT2D eigenvalue weighted by atomic mass is 32.1. The highest BCUT2D eigenvalue weighted by molar-refractivity contribution is 7.71. The number of nitrogens with zero attached hydrogens (tertiary/aromatic N) is 1. The van der Waals surface area contributed by atoms with Crippen LogP contribution in [-0.2, 0) is 0 Å². The lowest BCUT2D eigenvalue weighted by Crippen LogP contribution is -1.89. The van der Waals surface area contributed by atoms with Crippen LogP contribution in [0.2, 0.25) is 0 Å². The van der Waals surface area contributed by atoms with Crippen molar-refractivity contribution in [3.05, 3.63) is 46.9 Å². The predicted molar refractivity (Wildman–Crippen MR) is 68.9 cm³/mol. The average molecular weight is 230 g/mol. The monoisotopic (exact) mass is 230 g/mol. The molecule has 3 heteroatoms. The highest BCUT2D eigenvalue weighted by Crippen LogP contribution is 2.21. The number of aromatic nitrogens is 2. The van der Waals surface area contributed by atoms with E-state index in [0.717, 1.165) is 11.3 Å². The van der Waals surface area contributed by atoms with Gasteiger partial charge in [0.25, 0.3) is 0 Å². The van der Waals surface area contributed by atoms with Gasteiger partial charge in [0.2, 0.25) is 0 Å². The Hall–Kier alpha value is -1.48. The van der Waals surface area contributed by atoms with Gasteiger partial charge in [-0.15, -0.1) is 0 Å². The predicted octanol–water partition coefficient (Wildman–Crippen LogP) is 3.93. The molecule has 2 rings (SSSR count). The van der Waals surface area contributed by atoms with Crippen molar-refractivity contribution in [1.29, 1.82) is 0 Å². The summed E-state index contributed by atoms with van der Waals surface area (Å²) in [5.74, 6) is 0.548. The summed E-state index contributed by atoms with van der Waals surface area (Å²) in [6, 6.07) is 8.40. The first kappa shape index (κ1) is 11.0. The molecule has 1 aromatic heterocycles. The van der Waals surface area contributed by atoms with Crippen LogP contribution < -0.4 is 0 Å². The molecule has 0 saturated heterocycles. The van der Waals surface area contributed by atoms with Crippen LogP contribution in [0.15, 0.2) is 36.7 Å². The number of rotatable bonds is 2. The van der Waals surface area contributed by atoms with Crippen molar-refractivity contribution >= 4 is 12.2 Å². The van der Waals surface area contributed by atoms with Gasteiger partial charge >= 0.3 is 0 Å². The molecular weight excluding hydrogens is 216 g/mol. The summed E-state index contributed by atoms with van der Waals surface area (Å²) in [6.45, 7) is 4.37. The Bertz CT molecular complexity index is 526. The summed E-state index contributed by atoms with van der Waals surface area (Å²) < 4.78 is 0.680. The second-order valence-electron chi connectivity index (χ2n) is 4.04. The van der Waals surface area contributed by atoms with Gasteiger partial charge in [-0.1, -0.05) is 50.3 Å². The summed E-state index contributed by atoms with van der Waals surface area (Å²) in [5, 5.41) is 0.